The first-order chi connectivity index (χ1) is 13.5. The van der Waals surface area contributed by atoms with Crippen LogP contribution in [0.3, 0.4) is 0 Å². The maximum atomic E-state index is 12.3. The van der Waals surface area contributed by atoms with Gasteiger partial charge in [0.2, 0.25) is 5.91 Å². The van der Waals surface area contributed by atoms with E-state index in [1.807, 2.05) is 30.3 Å². The number of rotatable bonds is 6. The summed E-state index contributed by atoms with van der Waals surface area (Å²) in [5, 5.41) is 13.6. The molecule has 0 unspecified atom stereocenters. The summed E-state index contributed by atoms with van der Waals surface area (Å²) in [7, 11) is 0. The number of anilines is 2. The molecule has 7 nitrogen and oxygen atoms in total. The normalized spacial score (nSPS) is 15.9. The van der Waals surface area contributed by atoms with Crippen LogP contribution in [0.25, 0.3) is 0 Å². The van der Waals surface area contributed by atoms with Gasteiger partial charge in [-0.15, -0.1) is 11.3 Å². The van der Waals surface area contributed by atoms with Crippen molar-refractivity contribution in [1.29, 1.82) is 5.26 Å². The van der Waals surface area contributed by atoms with Gasteiger partial charge in [-0.2, -0.15) is 5.26 Å². The van der Waals surface area contributed by atoms with E-state index in [-0.39, 0.29) is 18.9 Å². The topological polar surface area (TPSA) is 99.5 Å². The minimum atomic E-state index is -0.609. The zero-order valence-corrected chi connectivity index (χ0v) is 16.1. The molecule has 1 saturated heterocycles. The largest absolute Gasteiger partial charge is 0.455 e. The highest BCUT2D eigenvalue weighted by Gasteiger charge is 2.36. The van der Waals surface area contributed by atoms with Gasteiger partial charge in [0.05, 0.1) is 11.5 Å². The fourth-order valence-corrected chi connectivity index (χ4v) is 3.69. The number of nitrogens with zero attached hydrogens (tertiary/aromatic N) is 2. The molecule has 1 aromatic heterocycles. The maximum absolute atomic E-state index is 12.3. The fourth-order valence-electron chi connectivity index (χ4n) is 2.94. The second kappa shape index (κ2) is 8.67. The summed E-state index contributed by atoms with van der Waals surface area (Å²) in [6.45, 7) is 1.82. The Hall–Kier alpha value is -3.18. The number of esters is 1. The maximum Gasteiger partial charge on any atom is 0.311 e. The number of nitriles is 1. The summed E-state index contributed by atoms with van der Waals surface area (Å²) >= 11 is 1.22. The molecule has 1 fully saturated rings. The Morgan fingerprint density at radius 2 is 2.07 bits per heavy atom. The third-order valence-corrected chi connectivity index (χ3v) is 5.33. The van der Waals surface area contributed by atoms with Gasteiger partial charge in [0, 0.05) is 18.7 Å². The molecule has 0 saturated carbocycles. The molecule has 0 bridgehead atoms. The Morgan fingerprint density at radius 3 is 2.75 bits per heavy atom. The van der Waals surface area contributed by atoms with Gasteiger partial charge in [-0.3, -0.25) is 14.4 Å². The standard InChI is InChI=1S/C20H19N3O4S/c1-2-13-3-5-16(6-4-13)23-11-15(9-18(23)25)20(26)27-12-17(24)22-19-14(10-21)7-8-28-19/h3-8,15H,2,9,11-12H2,1H3,(H,22,24)/t15-/m1/s1. The van der Waals surface area contributed by atoms with Crippen molar-refractivity contribution in [2.75, 3.05) is 23.4 Å². The van der Waals surface area contributed by atoms with Gasteiger partial charge in [-0.05, 0) is 35.6 Å². The Balaban J connectivity index is 1.53. The lowest BCUT2D eigenvalue weighted by atomic mass is 10.1. The molecule has 28 heavy (non-hydrogen) atoms. The third-order valence-electron chi connectivity index (χ3n) is 4.50. The van der Waals surface area contributed by atoms with Crippen molar-refractivity contribution in [3.05, 3.63) is 46.8 Å². The fraction of sp³-hybridized carbons (Fsp3) is 0.300. The van der Waals surface area contributed by atoms with E-state index in [0.29, 0.717) is 10.6 Å². The minimum Gasteiger partial charge on any atom is -0.455 e. The molecule has 3 rings (SSSR count). The van der Waals surface area contributed by atoms with Gasteiger partial charge in [-0.1, -0.05) is 19.1 Å². The molecule has 2 heterocycles. The zero-order valence-electron chi connectivity index (χ0n) is 15.3. The van der Waals surface area contributed by atoms with E-state index in [1.165, 1.54) is 16.9 Å². The van der Waals surface area contributed by atoms with Crippen molar-refractivity contribution in [2.45, 2.75) is 19.8 Å². The van der Waals surface area contributed by atoms with Crippen LogP contribution in [0.4, 0.5) is 10.7 Å². The van der Waals surface area contributed by atoms with Crippen LogP contribution in [0, 0.1) is 17.2 Å². The number of carbonyl (C=O) groups excluding carboxylic acids is 3. The molecule has 0 spiro atoms. The monoisotopic (exact) mass is 397 g/mol. The van der Waals surface area contributed by atoms with E-state index in [1.54, 1.807) is 16.3 Å². The molecular weight excluding hydrogens is 378 g/mol. The lowest BCUT2D eigenvalue weighted by Crippen LogP contribution is -2.28. The Labute approximate surface area is 166 Å². The third kappa shape index (κ3) is 4.38. The van der Waals surface area contributed by atoms with Crippen LogP contribution in [0.15, 0.2) is 35.7 Å². The minimum absolute atomic E-state index is 0.0550. The summed E-state index contributed by atoms with van der Waals surface area (Å²) in [4.78, 5) is 38.0. The van der Waals surface area contributed by atoms with Crippen LogP contribution in [-0.4, -0.2) is 30.9 Å². The number of hydrogen-bond donors (Lipinski definition) is 1. The van der Waals surface area contributed by atoms with Crippen molar-refractivity contribution in [3.8, 4) is 6.07 Å². The van der Waals surface area contributed by atoms with Crippen LogP contribution < -0.4 is 10.2 Å². The highest BCUT2D eigenvalue weighted by atomic mass is 32.1. The molecule has 0 radical (unpaired) electrons. The Bertz CT molecular complexity index is 930. The van der Waals surface area contributed by atoms with Gasteiger partial charge in [0.1, 0.15) is 11.1 Å². The van der Waals surface area contributed by atoms with Crippen LogP contribution in [-0.2, 0) is 25.5 Å². The van der Waals surface area contributed by atoms with E-state index < -0.39 is 24.4 Å². The number of thiophene rings is 1. The smallest absolute Gasteiger partial charge is 0.311 e. The molecule has 1 N–H and O–H groups in total. The van der Waals surface area contributed by atoms with Crippen molar-refractivity contribution in [3.63, 3.8) is 0 Å². The molecule has 1 atom stereocenters. The molecule has 1 aliphatic heterocycles. The van der Waals surface area contributed by atoms with Gasteiger partial charge in [0.25, 0.3) is 5.91 Å². The first kappa shape index (κ1) is 19.6. The van der Waals surface area contributed by atoms with E-state index in [2.05, 4.69) is 12.2 Å². The summed E-state index contributed by atoms with van der Waals surface area (Å²) in [5.41, 5.74) is 2.27. The van der Waals surface area contributed by atoms with Gasteiger partial charge >= 0.3 is 5.97 Å². The highest BCUT2D eigenvalue weighted by molar-refractivity contribution is 7.14. The van der Waals surface area contributed by atoms with E-state index in [4.69, 9.17) is 10.00 Å². The average molecular weight is 397 g/mol. The van der Waals surface area contributed by atoms with Gasteiger partial charge in [0.15, 0.2) is 6.61 Å². The van der Waals surface area contributed by atoms with Crippen molar-refractivity contribution < 1.29 is 19.1 Å². The van der Waals surface area contributed by atoms with Crippen LogP contribution in [0.1, 0.15) is 24.5 Å². The lowest BCUT2D eigenvalue weighted by Gasteiger charge is -2.17. The SMILES string of the molecule is CCc1ccc(N2C[C@H](C(=O)OCC(=O)Nc3sccc3C#N)CC2=O)cc1. The first-order valence-electron chi connectivity index (χ1n) is 8.85. The van der Waals surface area contributed by atoms with Gasteiger partial charge < -0.3 is 15.0 Å². The zero-order chi connectivity index (χ0) is 20.1. The van der Waals surface area contributed by atoms with Crippen molar-refractivity contribution in [2.24, 2.45) is 5.92 Å². The molecular formula is C20H19N3O4S. The van der Waals surface area contributed by atoms with E-state index in [9.17, 15) is 14.4 Å². The van der Waals surface area contributed by atoms with Crippen LogP contribution in [0.2, 0.25) is 0 Å². The molecule has 1 aliphatic rings. The summed E-state index contributed by atoms with van der Waals surface area (Å²) in [6.07, 6.45) is 0.964. The molecule has 0 aliphatic carbocycles. The van der Waals surface area contributed by atoms with Crippen LogP contribution >= 0.6 is 11.3 Å². The lowest BCUT2D eigenvalue weighted by molar-refractivity contribution is -0.151. The molecule has 2 aromatic rings. The summed E-state index contributed by atoms with van der Waals surface area (Å²) < 4.78 is 5.07. The number of benzene rings is 1. The number of amides is 2. The highest BCUT2D eigenvalue weighted by Crippen LogP contribution is 2.26. The van der Waals surface area contributed by atoms with Crippen molar-refractivity contribution in [1.82, 2.24) is 0 Å². The molecule has 2 amide bonds. The number of hydrogen-bond acceptors (Lipinski definition) is 6. The average Bonchev–Trinajstić information content (AvgIpc) is 3.32. The molecule has 8 heteroatoms. The Kier molecular flexibility index (Phi) is 6.06. The number of nitrogens with one attached hydrogen (secondary N) is 1. The second-order valence-electron chi connectivity index (χ2n) is 6.36. The predicted octanol–water partition coefficient (Wildman–Crippen LogP) is 2.72. The quantitative estimate of drug-likeness (QED) is 0.756. The van der Waals surface area contributed by atoms with E-state index in [0.717, 1.165) is 12.1 Å². The van der Waals surface area contributed by atoms with E-state index >= 15 is 0 Å². The number of aryl methyl sites for hydroxylation is 1. The summed E-state index contributed by atoms with van der Waals surface area (Å²) in [5.74, 6) is -1.86. The first-order valence-corrected chi connectivity index (χ1v) is 9.73. The van der Waals surface area contributed by atoms with Crippen molar-refractivity contribution >= 4 is 39.8 Å². The van der Waals surface area contributed by atoms with Crippen LogP contribution in [0.5, 0.6) is 0 Å². The summed E-state index contributed by atoms with van der Waals surface area (Å²) in [6, 6.07) is 11.2. The molecule has 1 aromatic carbocycles. The Morgan fingerprint density at radius 1 is 1.32 bits per heavy atom. The molecule has 144 valence electrons. The predicted molar refractivity (Wildman–Crippen MR) is 105 cm³/mol. The van der Waals surface area contributed by atoms with Gasteiger partial charge in [-0.25, -0.2) is 0 Å². The number of ether oxygens (including phenoxy) is 1. The number of carbonyl (C=O) groups is 3. The second-order valence-corrected chi connectivity index (χ2v) is 7.27.